The third-order valence-electron chi connectivity index (χ3n) is 6.15. The van der Waals surface area contributed by atoms with Crippen molar-refractivity contribution in [1.29, 1.82) is 5.41 Å². The standard InChI is InChI=1S/C24H26ClF2N5O3/c1-2-16(8-20-21(13-33)32(20)6-5-26)35-22-7-15(27)3-4-17(22)24(34)31-11-18(19(28)12-31)23-29-9-14(25)10-30-23/h3-4,7,9-10,13,16,20,28-29,33H,2,5-6,8,11-12H2,1H3/b21-13+,23-18+,28-19?/t16-,20?,32?/m1/s1. The Labute approximate surface area is 206 Å². The van der Waals surface area contributed by atoms with Crippen LogP contribution in [-0.2, 0) is 0 Å². The quantitative estimate of drug-likeness (QED) is 0.368. The Morgan fingerprint density at radius 1 is 1.46 bits per heavy atom. The molecule has 1 unspecified atom stereocenters. The number of likely N-dealkylation sites (tertiary alicyclic amines) is 1. The van der Waals surface area contributed by atoms with Gasteiger partial charge in [-0.1, -0.05) is 18.5 Å². The average molecular weight is 506 g/mol. The van der Waals surface area contributed by atoms with E-state index in [9.17, 15) is 18.7 Å². The number of nitrogens with zero attached hydrogens (tertiary/aromatic N) is 3. The third kappa shape index (κ3) is 5.32. The van der Waals surface area contributed by atoms with Crippen molar-refractivity contribution in [2.45, 2.75) is 31.9 Å². The molecule has 4 rings (SSSR count). The summed E-state index contributed by atoms with van der Waals surface area (Å²) in [6.45, 7) is 1.76. The van der Waals surface area contributed by atoms with E-state index in [2.05, 4.69) is 10.3 Å². The fourth-order valence-corrected chi connectivity index (χ4v) is 4.35. The number of aliphatic imine (C=N–C) groups is 1. The molecular weight excluding hydrogens is 480 g/mol. The van der Waals surface area contributed by atoms with Gasteiger partial charge in [0.15, 0.2) is 0 Å². The van der Waals surface area contributed by atoms with Gasteiger partial charge in [0.05, 0.1) is 41.1 Å². The van der Waals surface area contributed by atoms with Gasteiger partial charge in [0.25, 0.3) is 5.91 Å². The van der Waals surface area contributed by atoms with Gasteiger partial charge in [-0.05, 0) is 18.6 Å². The molecule has 2 saturated heterocycles. The first-order chi connectivity index (χ1) is 16.9. The van der Waals surface area contributed by atoms with Gasteiger partial charge in [-0.15, -0.1) is 0 Å². The summed E-state index contributed by atoms with van der Waals surface area (Å²) in [5.74, 6) is -0.393. The van der Waals surface area contributed by atoms with Crippen LogP contribution < -0.4 is 10.1 Å². The van der Waals surface area contributed by atoms with E-state index in [1.165, 1.54) is 29.3 Å². The first kappa shape index (κ1) is 24.7. The van der Waals surface area contributed by atoms with E-state index in [1.54, 1.807) is 11.1 Å². The SMILES string of the molecule is CC[C@H](CC1/C(=C\O)N1CCF)Oc1cc(F)ccc1C(=O)N1CC(=N)/C(=C2/N=CC(Cl)=CN2)C1. The van der Waals surface area contributed by atoms with Crippen LogP contribution in [0, 0.1) is 11.2 Å². The van der Waals surface area contributed by atoms with E-state index in [1.807, 2.05) is 6.92 Å². The average Bonchev–Trinajstić information content (AvgIpc) is 3.35. The van der Waals surface area contributed by atoms with Gasteiger partial charge in [0.1, 0.15) is 36.4 Å². The van der Waals surface area contributed by atoms with Crippen molar-refractivity contribution in [3.8, 4) is 5.75 Å². The second-order valence-corrected chi connectivity index (χ2v) is 8.81. The highest BCUT2D eigenvalue weighted by Crippen LogP contribution is 2.37. The second kappa shape index (κ2) is 10.5. The number of halogens is 3. The van der Waals surface area contributed by atoms with E-state index >= 15 is 0 Å². The van der Waals surface area contributed by atoms with Crippen molar-refractivity contribution in [2.24, 2.45) is 4.99 Å². The Kier molecular flexibility index (Phi) is 7.39. The molecule has 0 radical (unpaired) electrons. The van der Waals surface area contributed by atoms with Crippen LogP contribution in [0.4, 0.5) is 8.78 Å². The predicted octanol–water partition coefficient (Wildman–Crippen LogP) is 3.87. The van der Waals surface area contributed by atoms with E-state index in [0.29, 0.717) is 35.0 Å². The van der Waals surface area contributed by atoms with Gasteiger partial charge in [-0.3, -0.25) is 4.79 Å². The van der Waals surface area contributed by atoms with Crippen LogP contribution in [0.1, 0.15) is 30.1 Å². The first-order valence-electron chi connectivity index (χ1n) is 11.3. The minimum atomic E-state index is -0.547. The van der Waals surface area contributed by atoms with Gasteiger partial charge in [-0.25, -0.2) is 13.8 Å². The number of alkyl halides is 1. The maximum absolute atomic E-state index is 14.1. The van der Waals surface area contributed by atoms with E-state index in [0.717, 1.165) is 6.26 Å². The number of hydrogen-bond donors (Lipinski definition) is 3. The summed E-state index contributed by atoms with van der Waals surface area (Å²) in [7, 11) is 0. The minimum absolute atomic E-state index is 0.0747. The zero-order valence-electron chi connectivity index (χ0n) is 19.1. The third-order valence-corrected chi connectivity index (χ3v) is 6.35. The molecule has 2 fully saturated rings. The molecular formula is C24H26ClF2N5O3. The molecule has 35 heavy (non-hydrogen) atoms. The van der Waals surface area contributed by atoms with Crippen molar-refractivity contribution in [3.05, 3.63) is 64.2 Å². The molecule has 3 heterocycles. The Bertz CT molecular complexity index is 1150. The van der Waals surface area contributed by atoms with Crippen LogP contribution in [0.2, 0.25) is 0 Å². The van der Waals surface area contributed by atoms with Gasteiger partial charge < -0.3 is 30.4 Å². The lowest BCUT2D eigenvalue weighted by molar-refractivity contribution is 0.0794. The summed E-state index contributed by atoms with van der Waals surface area (Å²) < 4.78 is 32.9. The monoisotopic (exact) mass is 505 g/mol. The number of allylic oxidation sites excluding steroid dienone is 1. The minimum Gasteiger partial charge on any atom is -0.514 e. The van der Waals surface area contributed by atoms with Gasteiger partial charge in [-0.2, -0.15) is 0 Å². The molecule has 0 spiro atoms. The first-order valence-corrected chi connectivity index (χ1v) is 11.6. The molecule has 186 valence electrons. The molecule has 11 heteroatoms. The molecule has 2 atom stereocenters. The van der Waals surface area contributed by atoms with Crippen LogP contribution in [-0.4, -0.2) is 71.2 Å². The van der Waals surface area contributed by atoms with E-state index in [4.69, 9.17) is 21.7 Å². The number of aliphatic hydroxyl groups excluding tert-OH is 1. The molecule has 0 aliphatic carbocycles. The van der Waals surface area contributed by atoms with Crippen LogP contribution in [0.3, 0.4) is 0 Å². The molecule has 3 aliphatic rings. The lowest BCUT2D eigenvalue weighted by Gasteiger charge is -2.22. The number of hydrogen-bond acceptors (Lipinski definition) is 7. The molecule has 1 aromatic carbocycles. The molecule has 0 aromatic heterocycles. The van der Waals surface area contributed by atoms with Crippen LogP contribution >= 0.6 is 11.6 Å². The molecule has 3 aliphatic heterocycles. The summed E-state index contributed by atoms with van der Waals surface area (Å²) in [6.07, 6.45) is 4.61. The number of carbonyl (C=O) groups excluding carboxylic acids is 1. The highest BCUT2D eigenvalue weighted by Gasteiger charge is 2.42. The highest BCUT2D eigenvalue weighted by molar-refractivity contribution is 6.39. The topological polar surface area (TPSA) is 101 Å². The lowest BCUT2D eigenvalue weighted by Crippen LogP contribution is -2.30. The number of aliphatic hydroxyl groups is 1. The number of nitrogens with one attached hydrogen (secondary N) is 2. The number of ether oxygens (including phenoxy) is 1. The fourth-order valence-electron chi connectivity index (χ4n) is 4.25. The lowest BCUT2D eigenvalue weighted by atomic mass is 10.1. The Morgan fingerprint density at radius 3 is 2.91 bits per heavy atom. The molecule has 0 saturated carbocycles. The maximum atomic E-state index is 14.1. The number of amides is 1. The number of benzene rings is 1. The molecule has 3 N–H and O–H groups in total. The van der Waals surface area contributed by atoms with Gasteiger partial charge >= 0.3 is 0 Å². The van der Waals surface area contributed by atoms with Crippen LogP contribution in [0.5, 0.6) is 5.75 Å². The second-order valence-electron chi connectivity index (χ2n) is 8.38. The largest absolute Gasteiger partial charge is 0.514 e. The van der Waals surface area contributed by atoms with Crippen LogP contribution in [0.25, 0.3) is 0 Å². The number of carbonyl (C=O) groups is 1. The predicted molar refractivity (Wildman–Crippen MR) is 129 cm³/mol. The molecule has 1 aromatic rings. The smallest absolute Gasteiger partial charge is 0.258 e. The molecule has 0 bridgehead atoms. The zero-order valence-corrected chi connectivity index (χ0v) is 19.9. The van der Waals surface area contributed by atoms with E-state index < -0.39 is 18.4 Å². The van der Waals surface area contributed by atoms with Crippen molar-refractivity contribution in [3.63, 3.8) is 0 Å². The highest BCUT2D eigenvalue weighted by atomic mass is 35.5. The summed E-state index contributed by atoms with van der Waals surface area (Å²) in [4.78, 5) is 20.8. The van der Waals surface area contributed by atoms with Crippen molar-refractivity contribution < 1.29 is 23.4 Å². The summed E-state index contributed by atoms with van der Waals surface area (Å²) >= 11 is 5.87. The van der Waals surface area contributed by atoms with Crippen molar-refractivity contribution in [1.82, 2.24) is 15.1 Å². The summed E-state index contributed by atoms with van der Waals surface area (Å²) in [5.41, 5.74) is 1.62. The van der Waals surface area contributed by atoms with Crippen molar-refractivity contribution in [2.75, 3.05) is 26.3 Å². The normalized spacial score (nSPS) is 23.4. The van der Waals surface area contributed by atoms with Gasteiger partial charge in [0.2, 0.25) is 0 Å². The Morgan fingerprint density at radius 2 is 2.26 bits per heavy atom. The Balaban J connectivity index is 1.50. The summed E-state index contributed by atoms with van der Waals surface area (Å²) in [6, 6.07) is 3.58. The number of rotatable bonds is 8. The van der Waals surface area contributed by atoms with E-state index in [-0.39, 0.29) is 48.8 Å². The maximum Gasteiger partial charge on any atom is 0.258 e. The van der Waals surface area contributed by atoms with Crippen LogP contribution in [0.15, 0.2) is 57.8 Å². The van der Waals surface area contributed by atoms with Crippen molar-refractivity contribution >= 4 is 29.4 Å². The van der Waals surface area contributed by atoms with Gasteiger partial charge in [0, 0.05) is 37.0 Å². The summed E-state index contributed by atoms with van der Waals surface area (Å²) in [5, 5.41) is 21.0. The zero-order chi connectivity index (χ0) is 25.1. The Hall–Kier alpha value is -3.40. The fraction of sp³-hybridized carbons (Fsp3) is 0.375. The molecule has 1 amide bonds. The molecule has 8 nitrogen and oxygen atoms in total.